The summed E-state index contributed by atoms with van der Waals surface area (Å²) in [5.74, 6) is 1.48. The van der Waals surface area contributed by atoms with Crippen LogP contribution in [0.4, 0.5) is 0 Å². The quantitative estimate of drug-likeness (QED) is 0.852. The molecule has 17 heavy (non-hydrogen) atoms. The molecule has 0 atom stereocenters. The van der Waals surface area contributed by atoms with E-state index in [2.05, 4.69) is 24.0 Å². The van der Waals surface area contributed by atoms with Crippen LogP contribution in [0.3, 0.4) is 0 Å². The summed E-state index contributed by atoms with van der Waals surface area (Å²) in [6.45, 7) is 4.10. The van der Waals surface area contributed by atoms with E-state index >= 15 is 0 Å². The maximum Gasteiger partial charge on any atom is 0.230 e. The monoisotopic (exact) mass is 240 g/mol. The van der Waals surface area contributed by atoms with E-state index in [9.17, 15) is 5.11 Å². The minimum atomic E-state index is -0.440. The van der Waals surface area contributed by atoms with Crippen molar-refractivity contribution >= 4 is 0 Å². The van der Waals surface area contributed by atoms with Gasteiger partial charge in [-0.25, -0.2) is 0 Å². The molecule has 0 saturated heterocycles. The van der Waals surface area contributed by atoms with Crippen molar-refractivity contribution < 1.29 is 14.4 Å². The van der Waals surface area contributed by atoms with Gasteiger partial charge in [0.1, 0.15) is 5.60 Å². The zero-order valence-electron chi connectivity index (χ0n) is 10.6. The Bertz CT molecular complexity index is 359. The molecule has 5 heteroatoms. The van der Waals surface area contributed by atoms with Gasteiger partial charge in [0, 0.05) is 13.0 Å². The van der Waals surface area contributed by atoms with Crippen LogP contribution in [0.5, 0.6) is 0 Å². The van der Waals surface area contributed by atoms with Crippen LogP contribution in [0.15, 0.2) is 4.52 Å². The highest BCUT2D eigenvalue weighted by Crippen LogP contribution is 2.37. The van der Waals surface area contributed by atoms with Crippen molar-refractivity contribution in [2.45, 2.75) is 57.2 Å². The van der Waals surface area contributed by atoms with Crippen molar-refractivity contribution in [3.63, 3.8) is 0 Å². The Morgan fingerprint density at radius 1 is 1.41 bits per heavy atom. The van der Waals surface area contributed by atoms with Crippen molar-refractivity contribution in [3.05, 3.63) is 11.7 Å². The molecule has 0 bridgehead atoms. The normalized spacial score (nSPS) is 24.7. The standard InChI is InChI=1S/C12H20N2O3/c1-4-12(5-2,16-3)11-13-10(17-14-11)8-6-9(15)7-8/h8-9,15H,4-7H2,1-3H3. The van der Waals surface area contributed by atoms with Gasteiger partial charge in [-0.2, -0.15) is 4.98 Å². The molecule has 96 valence electrons. The zero-order valence-corrected chi connectivity index (χ0v) is 10.6. The minimum absolute atomic E-state index is 0.208. The second-order valence-corrected chi connectivity index (χ2v) is 4.68. The summed E-state index contributed by atoms with van der Waals surface area (Å²) in [7, 11) is 1.68. The Labute approximate surface area is 101 Å². The van der Waals surface area contributed by atoms with Crippen molar-refractivity contribution in [2.75, 3.05) is 7.11 Å². The van der Waals surface area contributed by atoms with Crippen LogP contribution >= 0.6 is 0 Å². The molecule has 0 aliphatic heterocycles. The molecule has 1 aromatic rings. The number of methoxy groups -OCH3 is 1. The van der Waals surface area contributed by atoms with E-state index in [1.54, 1.807) is 7.11 Å². The Morgan fingerprint density at radius 3 is 2.53 bits per heavy atom. The predicted octanol–water partition coefficient (Wildman–Crippen LogP) is 1.97. The van der Waals surface area contributed by atoms with Crippen LogP contribution in [0.25, 0.3) is 0 Å². The molecule has 1 aliphatic rings. The summed E-state index contributed by atoms with van der Waals surface area (Å²) in [5.41, 5.74) is -0.440. The van der Waals surface area contributed by atoms with E-state index in [4.69, 9.17) is 9.26 Å². The lowest BCUT2D eigenvalue weighted by Crippen LogP contribution is -2.29. The number of rotatable bonds is 5. The molecule has 1 fully saturated rings. The molecule has 1 N–H and O–H groups in total. The lowest BCUT2D eigenvalue weighted by Gasteiger charge is -2.28. The second kappa shape index (κ2) is 4.74. The van der Waals surface area contributed by atoms with Crippen molar-refractivity contribution in [1.82, 2.24) is 10.1 Å². The van der Waals surface area contributed by atoms with Gasteiger partial charge in [-0.1, -0.05) is 19.0 Å². The highest BCUT2D eigenvalue weighted by atomic mass is 16.5. The Hall–Kier alpha value is -0.940. The molecule has 5 nitrogen and oxygen atoms in total. The number of aliphatic hydroxyl groups excluding tert-OH is 1. The van der Waals surface area contributed by atoms with Crippen LogP contribution in [0, 0.1) is 0 Å². The maximum absolute atomic E-state index is 9.27. The fourth-order valence-corrected chi connectivity index (χ4v) is 2.32. The summed E-state index contributed by atoms with van der Waals surface area (Å²) in [6, 6.07) is 0. The third kappa shape index (κ3) is 2.09. The van der Waals surface area contributed by atoms with E-state index in [1.165, 1.54) is 0 Å². The number of aromatic nitrogens is 2. The maximum atomic E-state index is 9.27. The molecular weight excluding hydrogens is 220 g/mol. The van der Waals surface area contributed by atoms with Crippen LogP contribution in [0.1, 0.15) is 57.2 Å². The van der Waals surface area contributed by atoms with Gasteiger partial charge in [0.05, 0.1) is 6.10 Å². The summed E-state index contributed by atoms with van der Waals surface area (Å²) >= 11 is 0. The topological polar surface area (TPSA) is 68.4 Å². The molecule has 0 unspecified atom stereocenters. The molecule has 1 heterocycles. The van der Waals surface area contributed by atoms with E-state index in [0.717, 1.165) is 25.7 Å². The largest absolute Gasteiger partial charge is 0.393 e. The van der Waals surface area contributed by atoms with Crippen molar-refractivity contribution in [1.29, 1.82) is 0 Å². The van der Waals surface area contributed by atoms with E-state index in [0.29, 0.717) is 11.7 Å². The van der Waals surface area contributed by atoms with Gasteiger partial charge in [0.25, 0.3) is 0 Å². The first kappa shape index (κ1) is 12.5. The number of hydrogen-bond acceptors (Lipinski definition) is 5. The Morgan fingerprint density at radius 2 is 2.06 bits per heavy atom. The first-order chi connectivity index (χ1) is 8.15. The summed E-state index contributed by atoms with van der Waals surface area (Å²) in [5, 5.41) is 13.3. The van der Waals surface area contributed by atoms with Crippen LogP contribution in [-0.4, -0.2) is 28.5 Å². The molecule has 1 aromatic heterocycles. The molecular formula is C12H20N2O3. The van der Waals surface area contributed by atoms with Crippen LogP contribution in [-0.2, 0) is 10.3 Å². The van der Waals surface area contributed by atoms with Crippen molar-refractivity contribution in [3.8, 4) is 0 Å². The van der Waals surface area contributed by atoms with Crippen molar-refractivity contribution in [2.24, 2.45) is 0 Å². The van der Waals surface area contributed by atoms with Gasteiger partial charge < -0.3 is 14.4 Å². The van der Waals surface area contributed by atoms with Crippen LogP contribution < -0.4 is 0 Å². The minimum Gasteiger partial charge on any atom is -0.393 e. The van der Waals surface area contributed by atoms with Gasteiger partial charge in [0.2, 0.25) is 11.7 Å². The Kier molecular flexibility index (Phi) is 3.49. The average Bonchev–Trinajstić information content (AvgIpc) is 2.78. The van der Waals surface area contributed by atoms with Gasteiger partial charge in [-0.15, -0.1) is 0 Å². The third-order valence-electron chi connectivity index (χ3n) is 3.84. The highest BCUT2D eigenvalue weighted by molar-refractivity contribution is 5.06. The SMILES string of the molecule is CCC(CC)(OC)c1noc(C2CC(O)C2)n1. The van der Waals surface area contributed by atoms with Gasteiger partial charge >= 0.3 is 0 Å². The highest BCUT2D eigenvalue weighted by Gasteiger charge is 2.37. The molecule has 0 radical (unpaired) electrons. The second-order valence-electron chi connectivity index (χ2n) is 4.68. The zero-order chi connectivity index (χ0) is 12.5. The first-order valence-electron chi connectivity index (χ1n) is 6.22. The molecule has 0 aromatic carbocycles. The molecule has 0 amide bonds. The molecule has 1 aliphatic carbocycles. The number of hydrogen-bond donors (Lipinski definition) is 1. The number of nitrogens with zero attached hydrogens (tertiary/aromatic N) is 2. The fourth-order valence-electron chi connectivity index (χ4n) is 2.32. The average molecular weight is 240 g/mol. The summed E-state index contributed by atoms with van der Waals surface area (Å²) in [6.07, 6.45) is 2.86. The molecule has 1 saturated carbocycles. The third-order valence-corrected chi connectivity index (χ3v) is 3.84. The van der Waals surface area contributed by atoms with E-state index < -0.39 is 5.60 Å². The van der Waals surface area contributed by atoms with Gasteiger partial charge in [-0.3, -0.25) is 0 Å². The van der Waals surface area contributed by atoms with Gasteiger partial charge in [0.15, 0.2) is 0 Å². The number of ether oxygens (including phenoxy) is 1. The smallest absolute Gasteiger partial charge is 0.230 e. The first-order valence-corrected chi connectivity index (χ1v) is 6.22. The van der Waals surface area contributed by atoms with Crippen LogP contribution in [0.2, 0.25) is 0 Å². The molecule has 0 spiro atoms. The van der Waals surface area contributed by atoms with E-state index in [1.807, 2.05) is 0 Å². The summed E-state index contributed by atoms with van der Waals surface area (Å²) in [4.78, 5) is 4.44. The van der Waals surface area contributed by atoms with E-state index in [-0.39, 0.29) is 12.0 Å². The molecule has 2 rings (SSSR count). The number of aliphatic hydroxyl groups is 1. The lowest BCUT2D eigenvalue weighted by molar-refractivity contribution is -0.0306. The lowest BCUT2D eigenvalue weighted by atomic mass is 9.82. The Balaban J connectivity index is 2.16. The van der Waals surface area contributed by atoms with Gasteiger partial charge in [-0.05, 0) is 25.7 Å². The summed E-state index contributed by atoms with van der Waals surface area (Å²) < 4.78 is 10.8. The fraction of sp³-hybridized carbons (Fsp3) is 0.833. The predicted molar refractivity (Wildman–Crippen MR) is 61.5 cm³/mol.